The fourth-order valence-corrected chi connectivity index (χ4v) is 2.25. The Morgan fingerprint density at radius 2 is 1.74 bits per heavy atom. The van der Waals surface area contributed by atoms with Crippen LogP contribution in [0.5, 0.6) is 0 Å². The summed E-state index contributed by atoms with van der Waals surface area (Å²) < 4.78 is 0. The number of anilines is 1. The number of amides is 2. The van der Waals surface area contributed by atoms with Crippen molar-refractivity contribution in [2.45, 2.75) is 20.0 Å². The van der Waals surface area contributed by atoms with E-state index >= 15 is 0 Å². The minimum atomic E-state index is -0.687. The second-order valence-corrected chi connectivity index (χ2v) is 5.31. The fraction of sp³-hybridized carbons (Fsp3) is 0.222. The second kappa shape index (κ2) is 7.56. The first-order chi connectivity index (χ1) is 11.0. The van der Waals surface area contributed by atoms with E-state index in [-0.39, 0.29) is 18.4 Å². The smallest absolute Gasteiger partial charge is 0.251 e. The van der Waals surface area contributed by atoms with Crippen molar-refractivity contribution in [1.29, 1.82) is 0 Å². The third kappa shape index (κ3) is 4.40. The predicted molar refractivity (Wildman–Crippen MR) is 89.2 cm³/mol. The molecule has 0 spiro atoms. The van der Waals surface area contributed by atoms with Crippen molar-refractivity contribution < 1.29 is 14.7 Å². The lowest BCUT2D eigenvalue weighted by molar-refractivity contribution is -0.115. The van der Waals surface area contributed by atoms with Crippen LogP contribution in [0.4, 0.5) is 5.69 Å². The molecule has 0 aliphatic rings. The molecule has 0 fully saturated rings. The minimum Gasteiger partial charge on any atom is -0.389 e. The zero-order valence-corrected chi connectivity index (χ0v) is 13.2. The standard InChI is InChI=1S/C18H20N2O3/c1-12-7-3-4-8-14(12)18(23)19-11-17(22)20-16-10-6-5-9-15(16)13(2)21/h3-10,13,21H,11H2,1-2H3,(H,19,23)(H,20,22)/t13-/m0/s1. The number of aryl methyl sites for hydroxylation is 1. The van der Waals surface area contributed by atoms with Gasteiger partial charge in [-0.3, -0.25) is 9.59 Å². The van der Waals surface area contributed by atoms with Gasteiger partial charge >= 0.3 is 0 Å². The molecule has 0 aliphatic carbocycles. The molecule has 0 bridgehead atoms. The molecular formula is C18H20N2O3. The van der Waals surface area contributed by atoms with E-state index in [9.17, 15) is 14.7 Å². The van der Waals surface area contributed by atoms with Crippen molar-refractivity contribution in [3.63, 3.8) is 0 Å². The molecule has 0 unspecified atom stereocenters. The lowest BCUT2D eigenvalue weighted by Gasteiger charge is -2.13. The maximum Gasteiger partial charge on any atom is 0.251 e. The zero-order valence-electron chi connectivity index (χ0n) is 13.2. The summed E-state index contributed by atoms with van der Waals surface area (Å²) in [6.07, 6.45) is -0.687. The number of aliphatic hydroxyl groups excluding tert-OH is 1. The van der Waals surface area contributed by atoms with Crippen molar-refractivity contribution in [3.8, 4) is 0 Å². The van der Waals surface area contributed by atoms with E-state index in [1.54, 1.807) is 43.3 Å². The first-order valence-corrected chi connectivity index (χ1v) is 7.39. The van der Waals surface area contributed by atoms with E-state index in [0.29, 0.717) is 16.8 Å². The number of aliphatic hydroxyl groups is 1. The highest BCUT2D eigenvalue weighted by Crippen LogP contribution is 2.21. The first-order valence-electron chi connectivity index (χ1n) is 7.39. The van der Waals surface area contributed by atoms with E-state index in [1.807, 2.05) is 19.1 Å². The number of nitrogens with one attached hydrogen (secondary N) is 2. The number of hydrogen-bond acceptors (Lipinski definition) is 3. The molecule has 5 heteroatoms. The summed E-state index contributed by atoms with van der Waals surface area (Å²) >= 11 is 0. The van der Waals surface area contributed by atoms with Gasteiger partial charge in [-0.15, -0.1) is 0 Å². The maximum atomic E-state index is 12.1. The highest BCUT2D eigenvalue weighted by Gasteiger charge is 2.12. The summed E-state index contributed by atoms with van der Waals surface area (Å²) in [4.78, 5) is 24.1. The summed E-state index contributed by atoms with van der Waals surface area (Å²) in [5.41, 5.74) is 2.57. The molecule has 0 heterocycles. The Morgan fingerprint density at radius 3 is 2.43 bits per heavy atom. The van der Waals surface area contributed by atoms with Gasteiger partial charge in [-0.1, -0.05) is 36.4 Å². The van der Waals surface area contributed by atoms with Crippen LogP contribution in [-0.2, 0) is 4.79 Å². The third-order valence-electron chi connectivity index (χ3n) is 3.48. The van der Waals surface area contributed by atoms with E-state index < -0.39 is 6.10 Å². The highest BCUT2D eigenvalue weighted by molar-refractivity contribution is 6.00. The molecule has 0 radical (unpaired) electrons. The van der Waals surface area contributed by atoms with Gasteiger partial charge in [-0.25, -0.2) is 0 Å². The van der Waals surface area contributed by atoms with Crippen molar-refractivity contribution >= 4 is 17.5 Å². The van der Waals surface area contributed by atoms with Crippen LogP contribution in [0.1, 0.15) is 34.5 Å². The number of benzene rings is 2. The molecule has 23 heavy (non-hydrogen) atoms. The molecule has 0 aliphatic heterocycles. The topological polar surface area (TPSA) is 78.4 Å². The van der Waals surface area contributed by atoms with Crippen LogP contribution in [-0.4, -0.2) is 23.5 Å². The van der Waals surface area contributed by atoms with E-state index in [0.717, 1.165) is 5.56 Å². The van der Waals surface area contributed by atoms with Crippen molar-refractivity contribution in [3.05, 3.63) is 65.2 Å². The number of hydrogen-bond donors (Lipinski definition) is 3. The maximum absolute atomic E-state index is 12.1. The molecule has 0 saturated heterocycles. The van der Waals surface area contributed by atoms with E-state index in [4.69, 9.17) is 0 Å². The third-order valence-corrected chi connectivity index (χ3v) is 3.48. The summed E-state index contributed by atoms with van der Waals surface area (Å²) in [6, 6.07) is 14.2. The van der Waals surface area contributed by atoms with Crippen LogP contribution in [0.2, 0.25) is 0 Å². The Bertz CT molecular complexity index is 711. The second-order valence-electron chi connectivity index (χ2n) is 5.31. The minimum absolute atomic E-state index is 0.138. The van der Waals surface area contributed by atoms with Gasteiger partial charge in [0.15, 0.2) is 0 Å². The molecule has 2 amide bonds. The Kier molecular flexibility index (Phi) is 5.49. The van der Waals surface area contributed by atoms with Crippen molar-refractivity contribution in [2.75, 3.05) is 11.9 Å². The van der Waals surface area contributed by atoms with Gasteiger partial charge in [0.05, 0.1) is 12.6 Å². The predicted octanol–water partition coefficient (Wildman–Crippen LogP) is 2.42. The van der Waals surface area contributed by atoms with E-state index in [2.05, 4.69) is 10.6 Å². The average molecular weight is 312 g/mol. The van der Waals surface area contributed by atoms with Crippen LogP contribution < -0.4 is 10.6 Å². The highest BCUT2D eigenvalue weighted by atomic mass is 16.3. The lowest BCUT2D eigenvalue weighted by atomic mass is 10.1. The summed E-state index contributed by atoms with van der Waals surface area (Å²) in [6.45, 7) is 3.33. The van der Waals surface area contributed by atoms with Crippen molar-refractivity contribution in [2.24, 2.45) is 0 Å². The average Bonchev–Trinajstić information content (AvgIpc) is 2.53. The number of para-hydroxylation sites is 1. The molecule has 2 rings (SSSR count). The zero-order chi connectivity index (χ0) is 16.8. The Hall–Kier alpha value is -2.66. The van der Waals surface area contributed by atoms with Crippen LogP contribution in [0.25, 0.3) is 0 Å². The molecule has 5 nitrogen and oxygen atoms in total. The number of carbonyl (C=O) groups is 2. The molecule has 1 atom stereocenters. The van der Waals surface area contributed by atoms with Crippen LogP contribution in [0.3, 0.4) is 0 Å². The molecule has 2 aromatic rings. The summed E-state index contributed by atoms with van der Waals surface area (Å²) in [5, 5.41) is 15.0. The first kappa shape index (κ1) is 16.7. The van der Waals surface area contributed by atoms with Gasteiger partial charge in [0.2, 0.25) is 5.91 Å². The quantitative estimate of drug-likeness (QED) is 0.793. The molecule has 2 aromatic carbocycles. The van der Waals surface area contributed by atoms with Crippen LogP contribution >= 0.6 is 0 Å². The van der Waals surface area contributed by atoms with Gasteiger partial charge < -0.3 is 15.7 Å². The summed E-state index contributed by atoms with van der Waals surface area (Å²) in [7, 11) is 0. The Morgan fingerprint density at radius 1 is 1.09 bits per heavy atom. The largest absolute Gasteiger partial charge is 0.389 e. The van der Waals surface area contributed by atoms with Gasteiger partial charge in [0.25, 0.3) is 5.91 Å². The van der Waals surface area contributed by atoms with Crippen LogP contribution in [0.15, 0.2) is 48.5 Å². The van der Waals surface area contributed by atoms with Crippen LogP contribution in [0, 0.1) is 6.92 Å². The summed E-state index contributed by atoms with van der Waals surface area (Å²) in [5.74, 6) is -0.637. The number of carbonyl (C=O) groups excluding carboxylic acids is 2. The lowest BCUT2D eigenvalue weighted by Crippen LogP contribution is -2.33. The van der Waals surface area contributed by atoms with Gasteiger partial charge in [-0.05, 0) is 31.5 Å². The molecule has 120 valence electrons. The fourth-order valence-electron chi connectivity index (χ4n) is 2.25. The Balaban J connectivity index is 1.96. The molecular weight excluding hydrogens is 292 g/mol. The van der Waals surface area contributed by atoms with Gasteiger partial charge in [-0.2, -0.15) is 0 Å². The Labute approximate surface area is 135 Å². The molecule has 0 aromatic heterocycles. The van der Waals surface area contributed by atoms with E-state index in [1.165, 1.54) is 0 Å². The molecule has 0 saturated carbocycles. The number of rotatable bonds is 5. The normalized spacial score (nSPS) is 11.6. The van der Waals surface area contributed by atoms with Gasteiger partial charge in [0, 0.05) is 16.8 Å². The molecule has 3 N–H and O–H groups in total. The van der Waals surface area contributed by atoms with Gasteiger partial charge in [0.1, 0.15) is 0 Å². The monoisotopic (exact) mass is 312 g/mol. The van der Waals surface area contributed by atoms with Crippen molar-refractivity contribution in [1.82, 2.24) is 5.32 Å². The SMILES string of the molecule is Cc1ccccc1C(=O)NCC(=O)Nc1ccccc1[C@H](C)O.